The fourth-order valence-corrected chi connectivity index (χ4v) is 2.00. The first kappa shape index (κ1) is 14.9. The van der Waals surface area contributed by atoms with Gasteiger partial charge in [-0.15, -0.1) is 0 Å². The molecule has 1 aromatic heterocycles. The van der Waals surface area contributed by atoms with Crippen molar-refractivity contribution in [3.63, 3.8) is 0 Å². The highest BCUT2D eigenvalue weighted by atomic mass is 16.5. The quantitative estimate of drug-likeness (QED) is 0.884. The molecule has 1 aromatic carbocycles. The fraction of sp³-hybridized carbons (Fsp3) is 0.333. The Balaban J connectivity index is 1.92. The summed E-state index contributed by atoms with van der Waals surface area (Å²) in [5.41, 5.74) is 3.45. The molecule has 0 saturated carbocycles. The number of benzene rings is 1. The molecule has 2 aromatic rings. The Hall–Kier alpha value is -2.50. The molecule has 21 heavy (non-hydrogen) atoms. The van der Waals surface area contributed by atoms with Gasteiger partial charge in [0.05, 0.1) is 17.1 Å². The second kappa shape index (κ2) is 6.30. The lowest BCUT2D eigenvalue weighted by Gasteiger charge is -2.08. The van der Waals surface area contributed by atoms with Gasteiger partial charge in [0, 0.05) is 19.8 Å². The normalized spacial score (nSPS) is 10.3. The topological polar surface area (TPSA) is 68.2 Å². The van der Waals surface area contributed by atoms with Crippen LogP contribution in [0.4, 0.5) is 11.4 Å². The van der Waals surface area contributed by atoms with Gasteiger partial charge in [0.15, 0.2) is 6.61 Å². The molecular weight excluding hydrogens is 268 g/mol. The average Bonchev–Trinajstić information content (AvgIpc) is 2.72. The standard InChI is InChI=1S/C15H20N4O2/c1-10-15(11(2)19(4)18-10)17-14(20)9-21-13-7-5-12(16-3)6-8-13/h5-8,16H,9H2,1-4H3,(H,17,20). The van der Waals surface area contributed by atoms with E-state index in [4.69, 9.17) is 4.74 Å². The lowest BCUT2D eigenvalue weighted by molar-refractivity contribution is -0.118. The first-order valence-corrected chi connectivity index (χ1v) is 6.72. The van der Waals surface area contributed by atoms with Crippen molar-refractivity contribution in [3.05, 3.63) is 35.7 Å². The number of rotatable bonds is 5. The molecule has 0 aliphatic heterocycles. The van der Waals surface area contributed by atoms with Crippen LogP contribution in [-0.4, -0.2) is 29.3 Å². The monoisotopic (exact) mass is 288 g/mol. The molecule has 6 nitrogen and oxygen atoms in total. The SMILES string of the molecule is CNc1ccc(OCC(=O)Nc2c(C)nn(C)c2C)cc1. The van der Waals surface area contributed by atoms with E-state index in [1.165, 1.54) is 0 Å². The molecule has 2 N–H and O–H groups in total. The maximum atomic E-state index is 11.9. The second-order valence-corrected chi connectivity index (χ2v) is 4.78. The zero-order valence-corrected chi connectivity index (χ0v) is 12.7. The summed E-state index contributed by atoms with van der Waals surface area (Å²) in [5.74, 6) is 0.454. The van der Waals surface area contributed by atoms with Crippen LogP contribution in [0.1, 0.15) is 11.4 Å². The van der Waals surface area contributed by atoms with Crippen molar-refractivity contribution >= 4 is 17.3 Å². The molecule has 6 heteroatoms. The molecule has 0 unspecified atom stereocenters. The van der Waals surface area contributed by atoms with Crippen LogP contribution in [0, 0.1) is 13.8 Å². The van der Waals surface area contributed by atoms with Crippen molar-refractivity contribution in [2.45, 2.75) is 13.8 Å². The Morgan fingerprint density at radius 2 is 1.95 bits per heavy atom. The third-order valence-corrected chi connectivity index (χ3v) is 3.29. The predicted molar refractivity (Wildman–Crippen MR) is 82.8 cm³/mol. The van der Waals surface area contributed by atoms with Crippen LogP contribution >= 0.6 is 0 Å². The Morgan fingerprint density at radius 3 is 2.48 bits per heavy atom. The smallest absolute Gasteiger partial charge is 0.262 e. The third-order valence-electron chi connectivity index (χ3n) is 3.29. The van der Waals surface area contributed by atoms with Gasteiger partial charge in [-0.1, -0.05) is 0 Å². The van der Waals surface area contributed by atoms with E-state index in [-0.39, 0.29) is 12.5 Å². The maximum Gasteiger partial charge on any atom is 0.262 e. The molecule has 0 spiro atoms. The Bertz CT molecular complexity index is 632. The molecule has 0 saturated heterocycles. The Kier molecular flexibility index (Phi) is 4.47. The van der Waals surface area contributed by atoms with E-state index in [9.17, 15) is 4.79 Å². The van der Waals surface area contributed by atoms with E-state index in [1.807, 2.05) is 52.2 Å². The van der Waals surface area contributed by atoms with Gasteiger partial charge in [-0.2, -0.15) is 5.10 Å². The second-order valence-electron chi connectivity index (χ2n) is 4.78. The van der Waals surface area contributed by atoms with Crippen molar-refractivity contribution in [1.29, 1.82) is 0 Å². The van der Waals surface area contributed by atoms with Gasteiger partial charge < -0.3 is 15.4 Å². The fourth-order valence-electron chi connectivity index (χ4n) is 2.00. The molecule has 0 aliphatic carbocycles. The predicted octanol–water partition coefficient (Wildman–Crippen LogP) is 2.10. The summed E-state index contributed by atoms with van der Waals surface area (Å²) in [6.45, 7) is 3.74. The molecule has 1 amide bonds. The number of anilines is 2. The number of nitrogens with zero attached hydrogens (tertiary/aromatic N) is 2. The summed E-state index contributed by atoms with van der Waals surface area (Å²) in [7, 11) is 3.69. The van der Waals surface area contributed by atoms with Crippen LogP contribution in [0.25, 0.3) is 0 Å². The summed E-state index contributed by atoms with van der Waals surface area (Å²) >= 11 is 0. The zero-order valence-electron chi connectivity index (χ0n) is 12.7. The lowest BCUT2D eigenvalue weighted by Crippen LogP contribution is -2.20. The third kappa shape index (κ3) is 3.53. The van der Waals surface area contributed by atoms with E-state index in [0.29, 0.717) is 5.75 Å². The van der Waals surface area contributed by atoms with Gasteiger partial charge in [-0.05, 0) is 38.1 Å². The zero-order chi connectivity index (χ0) is 15.4. The summed E-state index contributed by atoms with van der Waals surface area (Å²) in [6.07, 6.45) is 0. The summed E-state index contributed by atoms with van der Waals surface area (Å²) in [5, 5.41) is 10.1. The van der Waals surface area contributed by atoms with Crippen LogP contribution in [0.3, 0.4) is 0 Å². The number of aromatic nitrogens is 2. The molecule has 0 atom stereocenters. The summed E-state index contributed by atoms with van der Waals surface area (Å²) in [6, 6.07) is 7.42. The van der Waals surface area contributed by atoms with E-state index in [1.54, 1.807) is 4.68 Å². The first-order valence-electron chi connectivity index (χ1n) is 6.72. The van der Waals surface area contributed by atoms with Crippen molar-refractivity contribution in [3.8, 4) is 5.75 Å². The molecule has 112 valence electrons. The van der Waals surface area contributed by atoms with Crippen LogP contribution in [0.2, 0.25) is 0 Å². The Morgan fingerprint density at radius 1 is 1.29 bits per heavy atom. The summed E-state index contributed by atoms with van der Waals surface area (Å²) in [4.78, 5) is 11.9. The largest absolute Gasteiger partial charge is 0.484 e. The van der Waals surface area contributed by atoms with E-state index < -0.39 is 0 Å². The maximum absolute atomic E-state index is 11.9. The highest BCUT2D eigenvalue weighted by molar-refractivity contribution is 5.93. The van der Waals surface area contributed by atoms with Crippen LogP contribution in [0.15, 0.2) is 24.3 Å². The van der Waals surface area contributed by atoms with E-state index in [0.717, 1.165) is 22.8 Å². The molecule has 0 radical (unpaired) electrons. The van der Waals surface area contributed by atoms with Gasteiger partial charge >= 0.3 is 0 Å². The molecule has 0 fully saturated rings. The lowest BCUT2D eigenvalue weighted by atomic mass is 10.3. The highest BCUT2D eigenvalue weighted by Crippen LogP contribution is 2.18. The van der Waals surface area contributed by atoms with Crippen LogP contribution < -0.4 is 15.4 Å². The molecule has 0 aliphatic rings. The molecular formula is C15H20N4O2. The van der Waals surface area contributed by atoms with Gasteiger partial charge in [-0.25, -0.2) is 0 Å². The first-order chi connectivity index (χ1) is 10.0. The van der Waals surface area contributed by atoms with Gasteiger partial charge in [0.2, 0.25) is 0 Å². The number of carbonyl (C=O) groups is 1. The number of ether oxygens (including phenoxy) is 1. The number of hydrogen-bond donors (Lipinski definition) is 2. The van der Waals surface area contributed by atoms with E-state index >= 15 is 0 Å². The minimum absolute atomic E-state index is 0.0350. The number of hydrogen-bond acceptors (Lipinski definition) is 4. The minimum Gasteiger partial charge on any atom is -0.484 e. The van der Waals surface area contributed by atoms with Crippen molar-refractivity contribution in [2.75, 3.05) is 24.3 Å². The van der Waals surface area contributed by atoms with Crippen molar-refractivity contribution in [1.82, 2.24) is 9.78 Å². The highest BCUT2D eigenvalue weighted by Gasteiger charge is 2.12. The minimum atomic E-state index is -0.202. The summed E-state index contributed by atoms with van der Waals surface area (Å²) < 4.78 is 7.20. The number of aryl methyl sites for hydroxylation is 2. The molecule has 2 rings (SSSR count). The van der Waals surface area contributed by atoms with Gasteiger partial charge in [0.25, 0.3) is 5.91 Å². The Labute approximate surface area is 124 Å². The van der Waals surface area contributed by atoms with Gasteiger partial charge in [0.1, 0.15) is 5.75 Å². The molecule has 1 heterocycles. The number of nitrogens with one attached hydrogen (secondary N) is 2. The number of amides is 1. The van der Waals surface area contributed by atoms with Gasteiger partial charge in [-0.3, -0.25) is 9.48 Å². The molecule has 0 bridgehead atoms. The van der Waals surface area contributed by atoms with Crippen LogP contribution in [-0.2, 0) is 11.8 Å². The van der Waals surface area contributed by atoms with Crippen LogP contribution in [0.5, 0.6) is 5.75 Å². The average molecular weight is 288 g/mol. The van der Waals surface area contributed by atoms with Crippen molar-refractivity contribution < 1.29 is 9.53 Å². The number of carbonyl (C=O) groups excluding carboxylic acids is 1. The van der Waals surface area contributed by atoms with E-state index in [2.05, 4.69) is 15.7 Å². The van der Waals surface area contributed by atoms with Crippen molar-refractivity contribution in [2.24, 2.45) is 7.05 Å².